The SMILES string of the molecule is CCNC(=NCCc1ccncc1C)N1CCN(Cc2cc(C)on2)CC1.I. The van der Waals surface area contributed by atoms with Crippen molar-refractivity contribution in [2.45, 2.75) is 33.7 Å². The zero-order chi connectivity index (χ0) is 19.1. The van der Waals surface area contributed by atoms with E-state index >= 15 is 0 Å². The van der Waals surface area contributed by atoms with Gasteiger partial charge in [-0.3, -0.25) is 14.9 Å². The molecular formula is C20H31IN6O. The molecule has 0 bridgehead atoms. The molecule has 0 aromatic carbocycles. The van der Waals surface area contributed by atoms with Crippen LogP contribution in [0, 0.1) is 13.8 Å². The topological polar surface area (TPSA) is 69.8 Å². The molecule has 0 aliphatic carbocycles. The van der Waals surface area contributed by atoms with Gasteiger partial charge in [-0.05, 0) is 44.4 Å². The van der Waals surface area contributed by atoms with Crippen molar-refractivity contribution in [1.29, 1.82) is 0 Å². The molecule has 7 nitrogen and oxygen atoms in total. The van der Waals surface area contributed by atoms with E-state index in [1.54, 1.807) is 0 Å². The summed E-state index contributed by atoms with van der Waals surface area (Å²) in [6, 6.07) is 4.10. The van der Waals surface area contributed by atoms with Gasteiger partial charge < -0.3 is 14.7 Å². The highest BCUT2D eigenvalue weighted by atomic mass is 127. The van der Waals surface area contributed by atoms with Crippen LogP contribution in [0.25, 0.3) is 0 Å². The number of halogens is 1. The van der Waals surface area contributed by atoms with E-state index in [0.29, 0.717) is 0 Å². The summed E-state index contributed by atoms with van der Waals surface area (Å²) in [5.74, 6) is 1.88. The van der Waals surface area contributed by atoms with Gasteiger partial charge in [-0.15, -0.1) is 24.0 Å². The lowest BCUT2D eigenvalue weighted by Gasteiger charge is -2.36. The minimum Gasteiger partial charge on any atom is -0.361 e. The molecule has 2 aromatic heterocycles. The molecule has 0 spiro atoms. The van der Waals surface area contributed by atoms with E-state index < -0.39 is 0 Å². The summed E-state index contributed by atoms with van der Waals surface area (Å²) < 4.78 is 5.17. The minimum atomic E-state index is 0. The predicted octanol–water partition coefficient (Wildman–Crippen LogP) is 2.63. The number of hydrogen-bond donors (Lipinski definition) is 1. The number of aliphatic imine (C=N–C) groups is 1. The zero-order valence-electron chi connectivity index (χ0n) is 17.0. The van der Waals surface area contributed by atoms with Gasteiger partial charge in [-0.1, -0.05) is 5.16 Å². The molecule has 1 aliphatic rings. The van der Waals surface area contributed by atoms with Gasteiger partial charge in [0.05, 0.1) is 5.69 Å². The molecule has 1 N–H and O–H groups in total. The first-order valence-corrected chi connectivity index (χ1v) is 9.73. The van der Waals surface area contributed by atoms with Crippen molar-refractivity contribution in [3.8, 4) is 0 Å². The number of pyridine rings is 1. The van der Waals surface area contributed by atoms with Gasteiger partial charge in [-0.2, -0.15) is 0 Å². The minimum absolute atomic E-state index is 0. The number of aryl methyl sites for hydroxylation is 2. The third kappa shape index (κ3) is 6.44. The highest BCUT2D eigenvalue weighted by Crippen LogP contribution is 2.10. The Morgan fingerprint density at radius 2 is 2.04 bits per heavy atom. The predicted molar refractivity (Wildman–Crippen MR) is 122 cm³/mol. The van der Waals surface area contributed by atoms with Crippen LogP contribution in [0.2, 0.25) is 0 Å². The van der Waals surface area contributed by atoms with E-state index in [-0.39, 0.29) is 24.0 Å². The molecule has 0 saturated carbocycles. The lowest BCUT2D eigenvalue weighted by atomic mass is 10.1. The van der Waals surface area contributed by atoms with Crippen LogP contribution in [0.5, 0.6) is 0 Å². The van der Waals surface area contributed by atoms with Crippen LogP contribution in [0.4, 0.5) is 0 Å². The Morgan fingerprint density at radius 1 is 1.25 bits per heavy atom. The molecule has 154 valence electrons. The number of nitrogens with zero attached hydrogens (tertiary/aromatic N) is 5. The van der Waals surface area contributed by atoms with Crippen molar-refractivity contribution in [2.24, 2.45) is 4.99 Å². The van der Waals surface area contributed by atoms with Crippen LogP contribution in [-0.4, -0.2) is 65.2 Å². The number of nitrogens with one attached hydrogen (secondary N) is 1. The summed E-state index contributed by atoms with van der Waals surface area (Å²) in [4.78, 5) is 13.8. The van der Waals surface area contributed by atoms with E-state index in [1.807, 2.05) is 25.4 Å². The van der Waals surface area contributed by atoms with Crippen molar-refractivity contribution < 1.29 is 4.52 Å². The maximum Gasteiger partial charge on any atom is 0.194 e. The largest absolute Gasteiger partial charge is 0.361 e. The molecule has 0 amide bonds. The Bertz CT molecular complexity index is 755. The molecular weight excluding hydrogens is 467 g/mol. The summed E-state index contributed by atoms with van der Waals surface area (Å²) in [5.41, 5.74) is 3.56. The quantitative estimate of drug-likeness (QED) is 0.375. The molecule has 0 radical (unpaired) electrons. The average Bonchev–Trinajstić information content (AvgIpc) is 3.08. The Hall–Kier alpha value is -1.68. The van der Waals surface area contributed by atoms with E-state index in [4.69, 9.17) is 9.52 Å². The Labute approximate surface area is 184 Å². The van der Waals surface area contributed by atoms with Crippen molar-refractivity contribution in [3.63, 3.8) is 0 Å². The van der Waals surface area contributed by atoms with Crippen molar-refractivity contribution >= 4 is 29.9 Å². The van der Waals surface area contributed by atoms with Crippen molar-refractivity contribution in [3.05, 3.63) is 47.1 Å². The van der Waals surface area contributed by atoms with Crippen LogP contribution in [-0.2, 0) is 13.0 Å². The Kier molecular flexibility index (Phi) is 9.17. The zero-order valence-corrected chi connectivity index (χ0v) is 19.3. The molecule has 3 heterocycles. The van der Waals surface area contributed by atoms with Gasteiger partial charge in [0.15, 0.2) is 5.96 Å². The van der Waals surface area contributed by atoms with Crippen LogP contribution in [0.3, 0.4) is 0 Å². The normalized spacial score (nSPS) is 15.4. The third-order valence-corrected chi connectivity index (χ3v) is 4.85. The van der Waals surface area contributed by atoms with E-state index in [0.717, 1.165) is 69.6 Å². The smallest absolute Gasteiger partial charge is 0.194 e. The first-order valence-electron chi connectivity index (χ1n) is 9.73. The van der Waals surface area contributed by atoms with Crippen LogP contribution >= 0.6 is 24.0 Å². The summed E-state index contributed by atoms with van der Waals surface area (Å²) in [6.45, 7) is 12.6. The van der Waals surface area contributed by atoms with Crippen molar-refractivity contribution in [1.82, 2.24) is 25.3 Å². The Balaban J connectivity index is 0.00000280. The Morgan fingerprint density at radius 3 is 2.68 bits per heavy atom. The fourth-order valence-corrected chi connectivity index (χ4v) is 3.33. The van der Waals surface area contributed by atoms with Gasteiger partial charge >= 0.3 is 0 Å². The van der Waals surface area contributed by atoms with Gasteiger partial charge in [0.2, 0.25) is 0 Å². The second-order valence-electron chi connectivity index (χ2n) is 6.98. The highest BCUT2D eigenvalue weighted by Gasteiger charge is 2.20. The van der Waals surface area contributed by atoms with Crippen LogP contribution in [0.15, 0.2) is 34.0 Å². The number of piperazine rings is 1. The van der Waals surface area contributed by atoms with E-state index in [2.05, 4.69) is 45.2 Å². The molecule has 1 aliphatic heterocycles. The van der Waals surface area contributed by atoms with E-state index in [1.165, 1.54) is 11.1 Å². The summed E-state index contributed by atoms with van der Waals surface area (Å²) in [7, 11) is 0. The number of aromatic nitrogens is 2. The summed E-state index contributed by atoms with van der Waals surface area (Å²) >= 11 is 0. The van der Waals surface area contributed by atoms with Crippen LogP contribution < -0.4 is 5.32 Å². The average molecular weight is 498 g/mol. The monoisotopic (exact) mass is 498 g/mol. The second kappa shape index (κ2) is 11.4. The maximum absolute atomic E-state index is 5.17. The van der Waals surface area contributed by atoms with E-state index in [9.17, 15) is 0 Å². The van der Waals surface area contributed by atoms with Gasteiger partial charge in [0.1, 0.15) is 5.76 Å². The van der Waals surface area contributed by atoms with Gasteiger partial charge in [-0.25, -0.2) is 0 Å². The lowest BCUT2D eigenvalue weighted by Crippen LogP contribution is -2.52. The molecule has 1 saturated heterocycles. The molecule has 2 aromatic rings. The highest BCUT2D eigenvalue weighted by molar-refractivity contribution is 14.0. The first-order chi connectivity index (χ1) is 13.2. The fourth-order valence-electron chi connectivity index (χ4n) is 3.33. The lowest BCUT2D eigenvalue weighted by molar-refractivity contribution is 0.169. The summed E-state index contributed by atoms with van der Waals surface area (Å²) in [5, 5.41) is 7.54. The molecule has 3 rings (SSSR count). The number of rotatable bonds is 6. The van der Waals surface area contributed by atoms with Crippen LogP contribution in [0.1, 0.15) is 29.5 Å². The summed E-state index contributed by atoms with van der Waals surface area (Å²) in [6.07, 6.45) is 4.71. The number of hydrogen-bond acceptors (Lipinski definition) is 5. The molecule has 0 unspecified atom stereocenters. The second-order valence-corrected chi connectivity index (χ2v) is 6.98. The van der Waals surface area contributed by atoms with Gasteiger partial charge in [0.25, 0.3) is 0 Å². The van der Waals surface area contributed by atoms with Gasteiger partial charge in [0, 0.05) is 64.3 Å². The number of guanidine groups is 1. The third-order valence-electron chi connectivity index (χ3n) is 4.85. The standard InChI is InChI=1S/C20H30N6O.HI/c1-4-22-20(23-8-6-18-5-7-21-14-16(18)2)26-11-9-25(10-12-26)15-19-13-17(3)27-24-19;/h5,7,13-14H,4,6,8-12,15H2,1-3H3,(H,22,23);1H. The molecule has 28 heavy (non-hydrogen) atoms. The fraction of sp³-hybridized carbons (Fsp3) is 0.550. The molecule has 0 atom stereocenters. The molecule has 8 heteroatoms. The molecule has 1 fully saturated rings. The first kappa shape index (κ1) is 22.6. The maximum atomic E-state index is 5.17. The van der Waals surface area contributed by atoms with Crippen molar-refractivity contribution in [2.75, 3.05) is 39.3 Å².